The monoisotopic (exact) mass is 239 g/mol. The SMILES string of the molecule is CC(=O)CC(=O)N(C)C(C)Cc1cccs1. The number of hydrogen-bond acceptors (Lipinski definition) is 3. The number of carbonyl (C=O) groups is 2. The first kappa shape index (κ1) is 12.9. The second kappa shape index (κ2) is 5.80. The number of rotatable bonds is 5. The molecule has 0 spiro atoms. The van der Waals surface area contributed by atoms with E-state index in [0.717, 1.165) is 6.42 Å². The minimum absolute atomic E-state index is 0.00524. The van der Waals surface area contributed by atoms with E-state index in [1.807, 2.05) is 18.4 Å². The minimum Gasteiger partial charge on any atom is -0.342 e. The molecule has 1 aromatic heterocycles. The van der Waals surface area contributed by atoms with Crippen LogP contribution in [0.5, 0.6) is 0 Å². The maximum Gasteiger partial charge on any atom is 0.229 e. The number of Topliss-reactive ketones (excluding diaryl/α,β-unsaturated/α-hetero) is 1. The highest BCUT2D eigenvalue weighted by molar-refractivity contribution is 7.09. The second-order valence-corrected chi connectivity index (χ2v) is 5.05. The van der Waals surface area contributed by atoms with Crippen LogP contribution in [0.25, 0.3) is 0 Å². The smallest absolute Gasteiger partial charge is 0.229 e. The van der Waals surface area contributed by atoms with E-state index in [0.29, 0.717) is 0 Å². The summed E-state index contributed by atoms with van der Waals surface area (Å²) in [5, 5.41) is 2.03. The van der Waals surface area contributed by atoms with Crippen molar-refractivity contribution in [1.29, 1.82) is 0 Å². The molecule has 3 nitrogen and oxygen atoms in total. The van der Waals surface area contributed by atoms with Crippen molar-refractivity contribution in [1.82, 2.24) is 4.90 Å². The standard InChI is InChI=1S/C12H17NO2S/c1-9(7-11-5-4-6-16-11)13(3)12(15)8-10(2)14/h4-6,9H,7-8H2,1-3H3. The Hall–Kier alpha value is -1.16. The highest BCUT2D eigenvalue weighted by atomic mass is 32.1. The summed E-state index contributed by atoms with van der Waals surface area (Å²) in [5.41, 5.74) is 0. The van der Waals surface area contributed by atoms with Gasteiger partial charge in [-0.2, -0.15) is 0 Å². The molecule has 88 valence electrons. The van der Waals surface area contributed by atoms with Gasteiger partial charge in [-0.05, 0) is 25.3 Å². The van der Waals surface area contributed by atoms with Crippen molar-refractivity contribution in [2.45, 2.75) is 32.7 Å². The van der Waals surface area contributed by atoms with Crippen molar-refractivity contribution >= 4 is 23.0 Å². The number of hydrogen-bond donors (Lipinski definition) is 0. The molecule has 1 heterocycles. The van der Waals surface area contributed by atoms with Crippen molar-refractivity contribution in [3.05, 3.63) is 22.4 Å². The van der Waals surface area contributed by atoms with Crippen molar-refractivity contribution < 1.29 is 9.59 Å². The molecule has 0 aliphatic rings. The molecular formula is C12H17NO2S. The second-order valence-electron chi connectivity index (χ2n) is 4.02. The molecule has 0 N–H and O–H groups in total. The Bertz CT molecular complexity index is 359. The van der Waals surface area contributed by atoms with Gasteiger partial charge >= 0.3 is 0 Å². The Morgan fingerprint density at radius 1 is 1.50 bits per heavy atom. The Balaban J connectivity index is 2.50. The van der Waals surface area contributed by atoms with Gasteiger partial charge in [-0.1, -0.05) is 6.07 Å². The summed E-state index contributed by atoms with van der Waals surface area (Å²) >= 11 is 1.69. The fourth-order valence-corrected chi connectivity index (χ4v) is 2.27. The van der Waals surface area contributed by atoms with E-state index in [4.69, 9.17) is 0 Å². The molecule has 0 aliphatic heterocycles. The van der Waals surface area contributed by atoms with Crippen LogP contribution in [0.4, 0.5) is 0 Å². The zero-order valence-electron chi connectivity index (χ0n) is 9.90. The lowest BCUT2D eigenvalue weighted by molar-refractivity contribution is -0.135. The number of ketones is 1. The number of likely N-dealkylation sites (N-methyl/N-ethyl adjacent to an activating group) is 1. The van der Waals surface area contributed by atoms with E-state index in [1.54, 1.807) is 23.3 Å². The third-order valence-corrected chi connectivity index (χ3v) is 3.43. The van der Waals surface area contributed by atoms with E-state index in [2.05, 4.69) is 6.07 Å². The normalized spacial score (nSPS) is 12.2. The van der Waals surface area contributed by atoms with Crippen LogP contribution in [-0.4, -0.2) is 29.7 Å². The van der Waals surface area contributed by atoms with Gasteiger partial charge in [0.1, 0.15) is 5.78 Å². The topological polar surface area (TPSA) is 37.4 Å². The predicted molar refractivity (Wildman–Crippen MR) is 65.6 cm³/mol. The van der Waals surface area contributed by atoms with Crippen LogP contribution in [-0.2, 0) is 16.0 Å². The van der Waals surface area contributed by atoms with Gasteiger partial charge in [0, 0.05) is 24.4 Å². The molecule has 0 radical (unpaired) electrons. The number of thiophene rings is 1. The maximum absolute atomic E-state index is 11.6. The van der Waals surface area contributed by atoms with E-state index >= 15 is 0 Å². The Kier molecular flexibility index (Phi) is 4.68. The van der Waals surface area contributed by atoms with E-state index in [9.17, 15) is 9.59 Å². The average Bonchev–Trinajstić information content (AvgIpc) is 2.68. The molecule has 1 unspecified atom stereocenters. The summed E-state index contributed by atoms with van der Waals surface area (Å²) < 4.78 is 0. The molecule has 16 heavy (non-hydrogen) atoms. The molecule has 0 aliphatic carbocycles. The zero-order chi connectivity index (χ0) is 12.1. The predicted octanol–water partition coefficient (Wildman–Crippen LogP) is 2.12. The summed E-state index contributed by atoms with van der Waals surface area (Å²) in [6.07, 6.45) is 0.850. The fraction of sp³-hybridized carbons (Fsp3) is 0.500. The first-order valence-electron chi connectivity index (χ1n) is 5.28. The lowest BCUT2D eigenvalue weighted by atomic mass is 10.1. The van der Waals surface area contributed by atoms with Crippen molar-refractivity contribution in [2.75, 3.05) is 7.05 Å². The van der Waals surface area contributed by atoms with Crippen LogP contribution in [0.2, 0.25) is 0 Å². The molecule has 0 saturated heterocycles. The van der Waals surface area contributed by atoms with E-state index in [-0.39, 0.29) is 24.2 Å². The van der Waals surface area contributed by atoms with Crippen molar-refractivity contribution in [3.63, 3.8) is 0 Å². The first-order chi connectivity index (χ1) is 7.50. The van der Waals surface area contributed by atoms with Crippen LogP contribution < -0.4 is 0 Å². The molecule has 0 saturated carbocycles. The molecule has 0 aromatic carbocycles. The van der Waals surface area contributed by atoms with Crippen LogP contribution in [0.15, 0.2) is 17.5 Å². The summed E-state index contributed by atoms with van der Waals surface area (Å²) in [5.74, 6) is -0.184. The summed E-state index contributed by atoms with van der Waals surface area (Å²) in [7, 11) is 1.75. The van der Waals surface area contributed by atoms with Gasteiger partial charge in [-0.15, -0.1) is 11.3 Å². The number of carbonyl (C=O) groups excluding carboxylic acids is 2. The van der Waals surface area contributed by atoms with Gasteiger partial charge in [-0.25, -0.2) is 0 Å². The lowest BCUT2D eigenvalue weighted by Crippen LogP contribution is -2.37. The van der Waals surface area contributed by atoms with Crippen LogP contribution in [0.3, 0.4) is 0 Å². The van der Waals surface area contributed by atoms with E-state index in [1.165, 1.54) is 11.8 Å². The quantitative estimate of drug-likeness (QED) is 0.738. The average molecular weight is 239 g/mol. The molecule has 1 rings (SSSR count). The van der Waals surface area contributed by atoms with Crippen molar-refractivity contribution in [2.24, 2.45) is 0 Å². The molecule has 1 amide bonds. The lowest BCUT2D eigenvalue weighted by Gasteiger charge is -2.24. The maximum atomic E-state index is 11.6. The zero-order valence-corrected chi connectivity index (χ0v) is 10.7. The van der Waals surface area contributed by atoms with Gasteiger partial charge in [0.15, 0.2) is 0 Å². The summed E-state index contributed by atoms with van der Waals surface area (Å²) in [6.45, 7) is 3.44. The molecular weight excluding hydrogens is 222 g/mol. The van der Waals surface area contributed by atoms with Crippen molar-refractivity contribution in [3.8, 4) is 0 Å². The molecule has 1 atom stereocenters. The number of amides is 1. The Morgan fingerprint density at radius 2 is 2.19 bits per heavy atom. The van der Waals surface area contributed by atoms with Gasteiger partial charge < -0.3 is 4.90 Å². The van der Waals surface area contributed by atoms with Gasteiger partial charge in [0.2, 0.25) is 5.91 Å². The Morgan fingerprint density at radius 3 is 2.69 bits per heavy atom. The minimum atomic E-state index is -0.100. The van der Waals surface area contributed by atoms with E-state index < -0.39 is 0 Å². The van der Waals surface area contributed by atoms with Crippen LogP contribution in [0.1, 0.15) is 25.1 Å². The first-order valence-corrected chi connectivity index (χ1v) is 6.16. The third-order valence-electron chi connectivity index (χ3n) is 2.53. The largest absolute Gasteiger partial charge is 0.342 e. The highest BCUT2D eigenvalue weighted by Crippen LogP contribution is 2.13. The van der Waals surface area contributed by atoms with Gasteiger partial charge in [0.25, 0.3) is 0 Å². The Labute approximate surface area is 100 Å². The molecule has 0 bridgehead atoms. The highest BCUT2D eigenvalue weighted by Gasteiger charge is 2.17. The molecule has 4 heteroatoms. The van der Waals surface area contributed by atoms with Gasteiger partial charge in [-0.3, -0.25) is 9.59 Å². The summed E-state index contributed by atoms with van der Waals surface area (Å²) in [6, 6.07) is 4.19. The fourth-order valence-electron chi connectivity index (χ4n) is 1.44. The third kappa shape index (κ3) is 3.77. The molecule has 0 fully saturated rings. The number of nitrogens with zero attached hydrogens (tertiary/aromatic N) is 1. The molecule has 1 aromatic rings. The van der Waals surface area contributed by atoms with Gasteiger partial charge in [0.05, 0.1) is 6.42 Å². The van der Waals surface area contributed by atoms with Crippen LogP contribution in [0, 0.1) is 0 Å². The summed E-state index contributed by atoms with van der Waals surface area (Å²) in [4.78, 5) is 25.4. The van der Waals surface area contributed by atoms with Crippen LogP contribution >= 0.6 is 11.3 Å².